The number of nitrogens with zero attached hydrogens (tertiary/aromatic N) is 2. The van der Waals surface area contributed by atoms with Crippen LogP contribution in [0.4, 0.5) is 0 Å². The van der Waals surface area contributed by atoms with E-state index in [2.05, 4.69) is 78.6 Å². The maximum atomic E-state index is 4.66. The molecule has 2 N–H and O–H groups in total. The Morgan fingerprint density at radius 1 is 1.20 bits per heavy atom. The van der Waals surface area contributed by atoms with E-state index < -0.39 is 0 Å². The molecule has 0 fully saturated rings. The third-order valence-electron chi connectivity index (χ3n) is 3.91. The molecule has 0 radical (unpaired) electrons. The van der Waals surface area contributed by atoms with E-state index >= 15 is 0 Å². The number of hydrogen-bond acceptors (Lipinski definition) is 3. The molecule has 1 unspecified atom stereocenters. The van der Waals surface area contributed by atoms with Crippen molar-refractivity contribution < 1.29 is 0 Å². The van der Waals surface area contributed by atoms with E-state index in [-0.39, 0.29) is 24.0 Å². The van der Waals surface area contributed by atoms with Gasteiger partial charge in [-0.3, -0.25) is 0 Å². The third kappa shape index (κ3) is 7.32. The topological polar surface area (TPSA) is 49.3 Å². The maximum Gasteiger partial charge on any atom is 0.191 e. The van der Waals surface area contributed by atoms with Crippen molar-refractivity contribution in [2.24, 2.45) is 10.9 Å². The number of halogens is 1. The molecule has 1 heterocycles. The van der Waals surface area contributed by atoms with Crippen LogP contribution in [0.3, 0.4) is 0 Å². The van der Waals surface area contributed by atoms with E-state index in [9.17, 15) is 0 Å². The van der Waals surface area contributed by atoms with Crippen LogP contribution < -0.4 is 10.6 Å². The lowest BCUT2D eigenvalue weighted by atomic mass is 9.88. The van der Waals surface area contributed by atoms with Gasteiger partial charge in [0, 0.05) is 30.1 Å². The Kier molecular flexibility index (Phi) is 10.0. The van der Waals surface area contributed by atoms with Crippen LogP contribution in [-0.4, -0.2) is 24.0 Å². The van der Waals surface area contributed by atoms with E-state index in [1.165, 1.54) is 10.4 Å². The van der Waals surface area contributed by atoms with Crippen molar-refractivity contribution in [3.63, 3.8) is 0 Å². The number of aliphatic imine (C=N–C) groups is 1. The largest absolute Gasteiger partial charge is 0.357 e. The number of nitrogens with one attached hydrogen (secondary N) is 2. The summed E-state index contributed by atoms with van der Waals surface area (Å²) in [5.74, 6) is 1.87. The van der Waals surface area contributed by atoms with Gasteiger partial charge in [-0.2, -0.15) is 0 Å². The van der Waals surface area contributed by atoms with Gasteiger partial charge in [0.05, 0.1) is 6.54 Å². The lowest BCUT2D eigenvalue weighted by molar-refractivity contribution is 0.488. The summed E-state index contributed by atoms with van der Waals surface area (Å²) >= 11 is 1.70. The third-order valence-corrected chi connectivity index (χ3v) is 4.81. The Morgan fingerprint density at radius 2 is 1.92 bits per heavy atom. The molecule has 2 rings (SSSR count). The van der Waals surface area contributed by atoms with E-state index in [1.54, 1.807) is 11.3 Å². The Bertz CT molecular complexity index is 640. The Morgan fingerprint density at radius 3 is 2.48 bits per heavy atom. The number of rotatable bonds is 7. The van der Waals surface area contributed by atoms with Gasteiger partial charge in [0.25, 0.3) is 0 Å². The Hall–Kier alpha value is -1.15. The first-order valence-corrected chi connectivity index (χ1v) is 9.40. The smallest absolute Gasteiger partial charge is 0.191 e. The number of aromatic nitrogens is 1. The minimum Gasteiger partial charge on any atom is -0.357 e. The van der Waals surface area contributed by atoms with Crippen molar-refractivity contribution >= 4 is 41.3 Å². The molecule has 6 heteroatoms. The summed E-state index contributed by atoms with van der Waals surface area (Å²) < 4.78 is 0. The molecule has 138 valence electrons. The molecule has 0 saturated carbocycles. The molecule has 0 aliphatic carbocycles. The van der Waals surface area contributed by atoms with Crippen molar-refractivity contribution in [2.45, 2.75) is 40.2 Å². The molecule has 0 aliphatic rings. The van der Waals surface area contributed by atoms with Gasteiger partial charge in [-0.1, -0.05) is 44.2 Å². The Balaban J connectivity index is 0.00000312. The van der Waals surface area contributed by atoms with Crippen LogP contribution in [0, 0.1) is 12.8 Å². The van der Waals surface area contributed by atoms with Gasteiger partial charge < -0.3 is 10.6 Å². The molecular formula is C19H29IN4S. The van der Waals surface area contributed by atoms with Crippen LogP contribution in [0.15, 0.2) is 41.5 Å². The molecule has 25 heavy (non-hydrogen) atoms. The lowest BCUT2D eigenvalue weighted by Gasteiger charge is -2.23. The first-order chi connectivity index (χ1) is 11.6. The van der Waals surface area contributed by atoms with E-state index in [0.717, 1.165) is 24.1 Å². The fraction of sp³-hybridized carbons (Fsp3) is 0.474. The summed E-state index contributed by atoms with van der Waals surface area (Å²) in [5.41, 5.74) is 1.37. The fourth-order valence-electron chi connectivity index (χ4n) is 2.61. The maximum absolute atomic E-state index is 4.66. The quantitative estimate of drug-likeness (QED) is 0.353. The number of benzene rings is 1. The van der Waals surface area contributed by atoms with E-state index in [4.69, 9.17) is 0 Å². The van der Waals surface area contributed by atoms with Gasteiger partial charge in [0.1, 0.15) is 5.01 Å². The first-order valence-electron chi connectivity index (χ1n) is 8.58. The molecule has 1 aromatic heterocycles. The van der Waals surface area contributed by atoms with Gasteiger partial charge in [0.15, 0.2) is 5.96 Å². The summed E-state index contributed by atoms with van der Waals surface area (Å²) in [6.07, 6.45) is 1.90. The van der Waals surface area contributed by atoms with Crippen molar-refractivity contribution in [3.05, 3.63) is 52.0 Å². The summed E-state index contributed by atoms with van der Waals surface area (Å²) in [6, 6.07) is 10.7. The number of guanidine groups is 1. The molecular weight excluding hydrogens is 443 g/mol. The summed E-state index contributed by atoms with van der Waals surface area (Å²) in [6.45, 7) is 11.0. The monoisotopic (exact) mass is 472 g/mol. The van der Waals surface area contributed by atoms with E-state index in [0.29, 0.717) is 18.4 Å². The second-order valence-corrected chi connectivity index (χ2v) is 7.52. The molecule has 1 aromatic carbocycles. The highest BCUT2D eigenvalue weighted by Crippen LogP contribution is 2.23. The second-order valence-electron chi connectivity index (χ2n) is 6.20. The molecule has 1 atom stereocenters. The van der Waals surface area contributed by atoms with Gasteiger partial charge in [-0.25, -0.2) is 9.98 Å². The second kappa shape index (κ2) is 11.5. The van der Waals surface area contributed by atoms with Gasteiger partial charge in [-0.15, -0.1) is 35.3 Å². The predicted molar refractivity (Wildman–Crippen MR) is 119 cm³/mol. The SMILES string of the molecule is CCNC(=NCc1ncc(C)s1)NCC(c1ccccc1)C(C)C.I. The number of hydrogen-bond donors (Lipinski definition) is 2. The highest BCUT2D eigenvalue weighted by Gasteiger charge is 2.16. The molecule has 0 spiro atoms. The highest BCUT2D eigenvalue weighted by atomic mass is 127. The van der Waals surface area contributed by atoms with Crippen molar-refractivity contribution in [2.75, 3.05) is 13.1 Å². The van der Waals surface area contributed by atoms with E-state index in [1.807, 2.05) is 6.20 Å². The normalized spacial score (nSPS) is 12.6. The van der Waals surface area contributed by atoms with Gasteiger partial charge in [-0.05, 0) is 25.3 Å². The highest BCUT2D eigenvalue weighted by molar-refractivity contribution is 14.0. The molecule has 0 saturated heterocycles. The number of aryl methyl sites for hydroxylation is 1. The van der Waals surface area contributed by atoms with Crippen LogP contribution in [0.5, 0.6) is 0 Å². The van der Waals surface area contributed by atoms with Crippen LogP contribution in [0.1, 0.15) is 42.1 Å². The fourth-order valence-corrected chi connectivity index (χ4v) is 3.32. The zero-order valence-electron chi connectivity index (χ0n) is 15.5. The average Bonchev–Trinajstić information content (AvgIpc) is 2.99. The zero-order chi connectivity index (χ0) is 17.4. The summed E-state index contributed by atoms with van der Waals surface area (Å²) in [4.78, 5) is 10.3. The summed E-state index contributed by atoms with van der Waals surface area (Å²) in [5, 5.41) is 7.86. The molecule has 0 amide bonds. The minimum absolute atomic E-state index is 0. The van der Waals surface area contributed by atoms with Crippen molar-refractivity contribution in [1.29, 1.82) is 0 Å². The van der Waals surface area contributed by atoms with Crippen LogP contribution in [0.2, 0.25) is 0 Å². The Labute approximate surface area is 172 Å². The molecule has 0 aliphatic heterocycles. The van der Waals surface area contributed by atoms with Gasteiger partial charge in [0.2, 0.25) is 0 Å². The lowest BCUT2D eigenvalue weighted by Crippen LogP contribution is -2.40. The predicted octanol–water partition coefficient (Wildman–Crippen LogP) is 4.56. The van der Waals surface area contributed by atoms with Crippen LogP contribution >= 0.6 is 35.3 Å². The standard InChI is InChI=1S/C19H28N4S.HI/c1-5-20-19(23-13-18-21-11-15(4)24-18)22-12-17(14(2)3)16-9-7-6-8-10-16;/h6-11,14,17H,5,12-13H2,1-4H3,(H2,20,22,23);1H. The summed E-state index contributed by atoms with van der Waals surface area (Å²) in [7, 11) is 0. The van der Waals surface area contributed by atoms with Crippen LogP contribution in [-0.2, 0) is 6.54 Å². The van der Waals surface area contributed by atoms with Gasteiger partial charge >= 0.3 is 0 Å². The number of thiazole rings is 1. The van der Waals surface area contributed by atoms with Crippen molar-refractivity contribution in [1.82, 2.24) is 15.6 Å². The van der Waals surface area contributed by atoms with Crippen molar-refractivity contribution in [3.8, 4) is 0 Å². The molecule has 4 nitrogen and oxygen atoms in total. The average molecular weight is 472 g/mol. The molecule has 0 bridgehead atoms. The van der Waals surface area contributed by atoms with Crippen LogP contribution in [0.25, 0.3) is 0 Å². The minimum atomic E-state index is 0. The zero-order valence-corrected chi connectivity index (χ0v) is 18.6. The molecule has 2 aromatic rings. The first kappa shape index (κ1) is 21.9.